The quantitative estimate of drug-likeness (QED) is 0.457. The summed E-state index contributed by atoms with van der Waals surface area (Å²) in [6.07, 6.45) is 5.28. The molecule has 0 spiro atoms. The summed E-state index contributed by atoms with van der Waals surface area (Å²) in [5.74, 6) is 0.625. The van der Waals surface area contributed by atoms with Crippen molar-refractivity contribution in [2.24, 2.45) is 5.92 Å². The maximum absolute atomic E-state index is 14.3. The number of aromatic amines is 1. The fourth-order valence-electron chi connectivity index (χ4n) is 4.19. The molecule has 1 N–H and O–H groups in total. The number of benzene rings is 2. The first-order valence-corrected chi connectivity index (χ1v) is 10.2. The van der Waals surface area contributed by atoms with Crippen LogP contribution in [0.5, 0.6) is 5.88 Å². The maximum Gasteiger partial charge on any atom is 0.216 e. The van der Waals surface area contributed by atoms with E-state index in [1.807, 2.05) is 48.5 Å². The molecule has 0 aliphatic heterocycles. The van der Waals surface area contributed by atoms with Crippen LogP contribution < -0.4 is 4.74 Å². The van der Waals surface area contributed by atoms with Gasteiger partial charge in [-0.1, -0.05) is 42.8 Å². The summed E-state index contributed by atoms with van der Waals surface area (Å²) < 4.78 is 19.7. The monoisotopic (exact) mass is 399 g/mol. The second kappa shape index (κ2) is 7.75. The van der Waals surface area contributed by atoms with E-state index in [9.17, 15) is 4.39 Å². The number of H-pyrrole nitrogens is 1. The van der Waals surface area contributed by atoms with Gasteiger partial charge in [-0.05, 0) is 64.8 Å². The lowest BCUT2D eigenvalue weighted by atomic mass is 9.73. The van der Waals surface area contributed by atoms with Crippen molar-refractivity contribution in [3.05, 3.63) is 89.5 Å². The van der Waals surface area contributed by atoms with Crippen molar-refractivity contribution in [3.63, 3.8) is 0 Å². The van der Waals surface area contributed by atoms with Gasteiger partial charge in [-0.2, -0.15) is 9.49 Å². The summed E-state index contributed by atoms with van der Waals surface area (Å²) in [5, 5.41) is 6.99. The normalized spacial score (nSPS) is 15.0. The minimum Gasteiger partial charge on any atom is -0.481 e. The Morgan fingerprint density at radius 3 is 2.57 bits per heavy atom. The summed E-state index contributed by atoms with van der Waals surface area (Å²) in [4.78, 5) is 4.29. The number of halogens is 1. The number of nitrogens with zero attached hydrogens (tertiary/aromatic N) is 2. The van der Waals surface area contributed by atoms with Crippen molar-refractivity contribution in [3.8, 4) is 5.88 Å². The zero-order chi connectivity index (χ0) is 20.5. The lowest BCUT2D eigenvalue weighted by molar-refractivity contribution is 0.394. The van der Waals surface area contributed by atoms with Crippen LogP contribution >= 0.6 is 0 Å². The smallest absolute Gasteiger partial charge is 0.216 e. The predicted octanol–water partition coefficient (Wildman–Crippen LogP) is 5.86. The molecular formula is C25H22FN3O. The average Bonchev–Trinajstić information content (AvgIpc) is 3.13. The fourth-order valence-corrected chi connectivity index (χ4v) is 4.19. The minimum atomic E-state index is -0.407. The Bertz CT molecular complexity index is 1230. The number of allylic oxidation sites excluding steroid dienone is 1. The van der Waals surface area contributed by atoms with Gasteiger partial charge in [0.05, 0.1) is 18.0 Å². The zero-order valence-electron chi connectivity index (χ0n) is 16.7. The van der Waals surface area contributed by atoms with E-state index in [0.717, 1.165) is 35.1 Å². The molecule has 0 saturated heterocycles. The number of methoxy groups -OCH3 is 1. The molecule has 1 aliphatic rings. The van der Waals surface area contributed by atoms with Crippen LogP contribution in [0.4, 0.5) is 4.39 Å². The minimum absolute atomic E-state index is 0.407. The molecule has 2 heterocycles. The molecule has 0 radical (unpaired) electrons. The van der Waals surface area contributed by atoms with E-state index in [0.29, 0.717) is 22.7 Å². The Balaban J connectivity index is 1.81. The molecule has 0 bridgehead atoms. The number of rotatable bonds is 5. The molecule has 30 heavy (non-hydrogen) atoms. The van der Waals surface area contributed by atoms with E-state index < -0.39 is 5.95 Å². The van der Waals surface area contributed by atoms with Crippen molar-refractivity contribution >= 4 is 22.0 Å². The van der Waals surface area contributed by atoms with E-state index in [2.05, 4.69) is 27.3 Å². The molecule has 0 unspecified atom stereocenters. The van der Waals surface area contributed by atoms with Crippen LogP contribution in [0.25, 0.3) is 22.0 Å². The second-order valence-electron chi connectivity index (χ2n) is 7.64. The summed E-state index contributed by atoms with van der Waals surface area (Å²) in [6, 6.07) is 20.1. The molecule has 1 aliphatic carbocycles. The number of pyridine rings is 1. The zero-order valence-corrected chi connectivity index (χ0v) is 16.7. The van der Waals surface area contributed by atoms with Crippen LogP contribution in [0.2, 0.25) is 0 Å². The van der Waals surface area contributed by atoms with Gasteiger partial charge in [0.15, 0.2) is 0 Å². The molecule has 2 aromatic heterocycles. The standard InChI is InChI=1S/C25H22FN3O/c1-30-22-15-19(12-13-27-22)24(17-8-5-9-17)23(16-6-3-2-4-7-16)18-10-11-21-20(14-18)25(26)29-28-21/h2-4,6-7,10-15,17H,5,8-9H2,1H3,(H,28,29)/b24-23+. The van der Waals surface area contributed by atoms with Crippen molar-refractivity contribution < 1.29 is 9.13 Å². The van der Waals surface area contributed by atoms with Gasteiger partial charge in [-0.15, -0.1) is 0 Å². The highest BCUT2D eigenvalue weighted by molar-refractivity contribution is 6.01. The molecule has 1 saturated carbocycles. The fraction of sp³-hybridized carbons (Fsp3) is 0.200. The predicted molar refractivity (Wildman–Crippen MR) is 117 cm³/mol. The van der Waals surface area contributed by atoms with Crippen LogP contribution in [0.15, 0.2) is 66.9 Å². The van der Waals surface area contributed by atoms with Gasteiger partial charge in [0.25, 0.3) is 0 Å². The first kappa shape index (κ1) is 18.6. The third-order valence-electron chi connectivity index (χ3n) is 5.90. The van der Waals surface area contributed by atoms with E-state index >= 15 is 0 Å². The number of fused-ring (bicyclic) bond motifs is 1. The van der Waals surface area contributed by atoms with Crippen LogP contribution in [0, 0.1) is 11.9 Å². The molecular weight excluding hydrogens is 377 g/mol. The van der Waals surface area contributed by atoms with E-state index in [4.69, 9.17) is 4.74 Å². The van der Waals surface area contributed by atoms with Crippen LogP contribution in [-0.4, -0.2) is 22.3 Å². The Morgan fingerprint density at radius 2 is 1.83 bits per heavy atom. The highest BCUT2D eigenvalue weighted by Crippen LogP contribution is 2.45. The molecule has 4 nitrogen and oxygen atoms in total. The highest BCUT2D eigenvalue weighted by Gasteiger charge is 2.27. The number of ether oxygens (including phenoxy) is 1. The van der Waals surface area contributed by atoms with Gasteiger partial charge < -0.3 is 4.74 Å². The third kappa shape index (κ3) is 3.26. The van der Waals surface area contributed by atoms with Crippen molar-refractivity contribution in [2.75, 3.05) is 7.11 Å². The number of nitrogens with one attached hydrogen (secondary N) is 1. The lowest BCUT2D eigenvalue weighted by Crippen LogP contribution is -2.15. The molecule has 0 amide bonds. The SMILES string of the molecule is COc1cc(/C(=C(\c2ccccc2)c2ccc3n[nH]c(F)c3c2)C2CCC2)ccn1. The first-order chi connectivity index (χ1) is 14.7. The summed E-state index contributed by atoms with van der Waals surface area (Å²) in [6.45, 7) is 0. The number of hydrogen-bond donors (Lipinski definition) is 1. The largest absolute Gasteiger partial charge is 0.481 e. The van der Waals surface area contributed by atoms with E-state index in [1.54, 1.807) is 13.3 Å². The Kier molecular flexibility index (Phi) is 4.79. The van der Waals surface area contributed by atoms with Crippen LogP contribution in [0.3, 0.4) is 0 Å². The summed E-state index contributed by atoms with van der Waals surface area (Å²) in [5.41, 5.74) is 6.19. The van der Waals surface area contributed by atoms with E-state index in [1.165, 1.54) is 12.0 Å². The van der Waals surface area contributed by atoms with Crippen molar-refractivity contribution in [2.45, 2.75) is 19.3 Å². The highest BCUT2D eigenvalue weighted by atomic mass is 19.1. The lowest BCUT2D eigenvalue weighted by Gasteiger charge is -2.31. The molecule has 0 atom stereocenters. The molecule has 2 aromatic carbocycles. The number of hydrogen-bond acceptors (Lipinski definition) is 3. The van der Waals surface area contributed by atoms with Crippen LogP contribution in [-0.2, 0) is 0 Å². The maximum atomic E-state index is 14.3. The number of aromatic nitrogens is 3. The Morgan fingerprint density at radius 1 is 1.00 bits per heavy atom. The van der Waals surface area contributed by atoms with Gasteiger partial charge in [0, 0.05) is 12.3 Å². The Hall–Kier alpha value is -3.47. The van der Waals surface area contributed by atoms with Gasteiger partial charge in [-0.25, -0.2) is 4.98 Å². The molecule has 5 heteroatoms. The van der Waals surface area contributed by atoms with Gasteiger partial charge in [0.2, 0.25) is 11.8 Å². The molecule has 150 valence electrons. The van der Waals surface area contributed by atoms with Crippen molar-refractivity contribution in [1.82, 2.24) is 15.2 Å². The first-order valence-electron chi connectivity index (χ1n) is 10.2. The summed E-state index contributed by atoms with van der Waals surface area (Å²) >= 11 is 0. The van der Waals surface area contributed by atoms with Gasteiger partial charge in [-0.3, -0.25) is 5.10 Å². The molecule has 4 aromatic rings. The van der Waals surface area contributed by atoms with Gasteiger partial charge in [0.1, 0.15) is 0 Å². The van der Waals surface area contributed by atoms with Crippen molar-refractivity contribution in [1.29, 1.82) is 0 Å². The summed E-state index contributed by atoms with van der Waals surface area (Å²) in [7, 11) is 1.63. The average molecular weight is 399 g/mol. The topological polar surface area (TPSA) is 50.8 Å². The molecule has 5 rings (SSSR count). The second-order valence-corrected chi connectivity index (χ2v) is 7.64. The van der Waals surface area contributed by atoms with Crippen LogP contribution in [0.1, 0.15) is 36.0 Å². The Labute approximate surface area is 174 Å². The third-order valence-corrected chi connectivity index (χ3v) is 5.90. The molecule has 1 fully saturated rings. The van der Waals surface area contributed by atoms with Gasteiger partial charge >= 0.3 is 0 Å². The van der Waals surface area contributed by atoms with E-state index in [-0.39, 0.29) is 0 Å².